The molecule has 0 saturated carbocycles. The molecule has 1 fully saturated rings. The molecule has 0 radical (unpaired) electrons. The Bertz CT molecular complexity index is 749. The number of aliphatic imine (C=N–C) groups is 1. The highest BCUT2D eigenvalue weighted by molar-refractivity contribution is 6.08. The summed E-state index contributed by atoms with van der Waals surface area (Å²) in [5, 5.41) is 0. The zero-order valence-electron chi connectivity index (χ0n) is 14.3. The first kappa shape index (κ1) is 16.0. The third-order valence-corrected chi connectivity index (χ3v) is 5.43. The monoisotopic (exact) mass is 333 g/mol. The van der Waals surface area contributed by atoms with Crippen molar-refractivity contribution in [2.24, 2.45) is 4.99 Å². The van der Waals surface area contributed by atoms with Gasteiger partial charge >= 0.3 is 0 Å². The molecule has 0 bridgehead atoms. The lowest BCUT2D eigenvalue weighted by Crippen LogP contribution is -2.56. The summed E-state index contributed by atoms with van der Waals surface area (Å²) in [7, 11) is 0. The van der Waals surface area contributed by atoms with Crippen LogP contribution in [0.25, 0.3) is 0 Å². The number of carbonyl (C=O) groups is 1. The minimum Gasteiger partial charge on any atom is -0.317 e. The Balaban J connectivity index is 1.42. The summed E-state index contributed by atoms with van der Waals surface area (Å²) in [6.45, 7) is 2.91. The number of para-hydroxylation sites is 1. The molecular weight excluding hydrogens is 310 g/mol. The molecule has 4 nitrogen and oxygen atoms in total. The summed E-state index contributed by atoms with van der Waals surface area (Å²) in [4.78, 5) is 21.2. The number of hydrogen-bond donors (Lipinski definition) is 0. The van der Waals surface area contributed by atoms with Crippen molar-refractivity contribution in [1.82, 2.24) is 4.90 Å². The Kier molecular flexibility index (Phi) is 4.36. The standard InChI is InChI=1S/C21H23N3O/c25-20-21(24(17-22-20)19-9-5-2-6-10-19)12-15-23(16-13-21)14-11-18-7-3-1-4-8-18/h1-10,17H,11-16H2. The number of nitrogens with zero attached hydrogens (tertiary/aromatic N) is 3. The second kappa shape index (κ2) is 6.81. The van der Waals surface area contributed by atoms with E-state index in [1.807, 2.05) is 30.3 Å². The number of piperidine rings is 1. The molecule has 0 atom stereocenters. The van der Waals surface area contributed by atoms with E-state index in [0.29, 0.717) is 0 Å². The van der Waals surface area contributed by atoms with E-state index in [4.69, 9.17) is 0 Å². The normalized spacial score (nSPS) is 19.7. The van der Waals surface area contributed by atoms with E-state index in [9.17, 15) is 4.79 Å². The van der Waals surface area contributed by atoms with Crippen LogP contribution in [0.2, 0.25) is 0 Å². The van der Waals surface area contributed by atoms with Gasteiger partial charge in [0.15, 0.2) is 0 Å². The zero-order valence-corrected chi connectivity index (χ0v) is 14.3. The van der Waals surface area contributed by atoms with E-state index < -0.39 is 5.54 Å². The fourth-order valence-electron chi connectivity index (χ4n) is 3.88. The van der Waals surface area contributed by atoms with Crippen LogP contribution in [0.15, 0.2) is 65.7 Å². The second-order valence-corrected chi connectivity index (χ2v) is 6.86. The maximum atomic E-state index is 12.6. The highest BCUT2D eigenvalue weighted by Crippen LogP contribution is 2.36. The van der Waals surface area contributed by atoms with Crippen molar-refractivity contribution < 1.29 is 4.79 Å². The SMILES string of the molecule is O=C1N=CN(c2ccccc2)C12CCN(CCc1ccccc1)CC2. The fourth-order valence-corrected chi connectivity index (χ4v) is 3.88. The lowest BCUT2D eigenvalue weighted by Gasteiger charge is -2.43. The topological polar surface area (TPSA) is 35.9 Å². The van der Waals surface area contributed by atoms with Crippen LogP contribution in [0.4, 0.5) is 5.69 Å². The number of hydrogen-bond acceptors (Lipinski definition) is 3. The van der Waals surface area contributed by atoms with Gasteiger partial charge in [-0.05, 0) is 37.0 Å². The molecule has 2 heterocycles. The average molecular weight is 333 g/mol. The molecule has 0 aliphatic carbocycles. The molecule has 2 aromatic carbocycles. The fraction of sp³-hybridized carbons (Fsp3) is 0.333. The van der Waals surface area contributed by atoms with Crippen molar-refractivity contribution in [1.29, 1.82) is 0 Å². The Labute approximate surface area is 148 Å². The molecule has 4 rings (SSSR count). The van der Waals surface area contributed by atoms with E-state index in [2.05, 4.69) is 45.1 Å². The van der Waals surface area contributed by atoms with Crippen molar-refractivity contribution >= 4 is 17.9 Å². The first-order valence-electron chi connectivity index (χ1n) is 8.97. The zero-order chi connectivity index (χ0) is 17.1. The average Bonchev–Trinajstić information content (AvgIpc) is 2.99. The molecule has 0 unspecified atom stereocenters. The van der Waals surface area contributed by atoms with Crippen molar-refractivity contribution in [3.63, 3.8) is 0 Å². The van der Waals surface area contributed by atoms with E-state index in [1.165, 1.54) is 5.56 Å². The van der Waals surface area contributed by atoms with Gasteiger partial charge in [0.2, 0.25) is 0 Å². The summed E-state index contributed by atoms with van der Waals surface area (Å²) in [6, 6.07) is 20.7. The molecule has 1 amide bonds. The van der Waals surface area contributed by atoms with Crippen LogP contribution in [0.1, 0.15) is 18.4 Å². The predicted octanol–water partition coefficient (Wildman–Crippen LogP) is 3.14. The second-order valence-electron chi connectivity index (χ2n) is 6.86. The molecule has 2 aliphatic rings. The Hall–Kier alpha value is -2.46. The van der Waals surface area contributed by atoms with E-state index in [1.54, 1.807) is 6.34 Å². The molecule has 128 valence electrons. The van der Waals surface area contributed by atoms with Crippen molar-refractivity contribution in [2.45, 2.75) is 24.8 Å². The van der Waals surface area contributed by atoms with Gasteiger partial charge in [-0.15, -0.1) is 0 Å². The largest absolute Gasteiger partial charge is 0.317 e. The molecule has 0 aromatic heterocycles. The number of benzene rings is 2. The van der Waals surface area contributed by atoms with Crippen LogP contribution in [0, 0.1) is 0 Å². The van der Waals surface area contributed by atoms with Gasteiger partial charge < -0.3 is 9.80 Å². The summed E-state index contributed by atoms with van der Waals surface area (Å²) in [5.74, 6) is 0.0130. The minimum absolute atomic E-state index is 0.0130. The molecule has 1 saturated heterocycles. The first-order valence-corrected chi connectivity index (χ1v) is 8.97. The van der Waals surface area contributed by atoms with Crippen LogP contribution < -0.4 is 4.90 Å². The number of rotatable bonds is 4. The summed E-state index contributed by atoms with van der Waals surface area (Å²) >= 11 is 0. The highest BCUT2D eigenvalue weighted by atomic mass is 16.2. The van der Waals surface area contributed by atoms with Crippen LogP contribution in [-0.4, -0.2) is 42.3 Å². The molecule has 2 aromatic rings. The van der Waals surface area contributed by atoms with Crippen molar-refractivity contribution in [3.8, 4) is 0 Å². The lowest BCUT2D eigenvalue weighted by molar-refractivity contribution is -0.123. The quantitative estimate of drug-likeness (QED) is 0.862. The van der Waals surface area contributed by atoms with E-state index >= 15 is 0 Å². The van der Waals surface area contributed by atoms with Crippen LogP contribution in [0.3, 0.4) is 0 Å². The molecule has 25 heavy (non-hydrogen) atoms. The number of likely N-dealkylation sites (tertiary alicyclic amines) is 1. The number of anilines is 1. The van der Waals surface area contributed by atoms with Crippen LogP contribution in [0.5, 0.6) is 0 Å². The van der Waals surface area contributed by atoms with Crippen LogP contribution in [-0.2, 0) is 11.2 Å². The summed E-state index contributed by atoms with van der Waals surface area (Å²) < 4.78 is 0. The maximum absolute atomic E-state index is 12.6. The highest BCUT2D eigenvalue weighted by Gasteiger charge is 2.48. The van der Waals surface area contributed by atoms with Gasteiger partial charge in [0.25, 0.3) is 5.91 Å². The number of carbonyl (C=O) groups excluding carboxylic acids is 1. The predicted molar refractivity (Wildman–Crippen MR) is 101 cm³/mol. The van der Waals surface area contributed by atoms with Gasteiger partial charge in [0.05, 0.1) is 6.34 Å². The Morgan fingerprint density at radius 3 is 2.24 bits per heavy atom. The van der Waals surface area contributed by atoms with Gasteiger partial charge in [0.1, 0.15) is 5.54 Å². The van der Waals surface area contributed by atoms with Crippen LogP contribution >= 0.6 is 0 Å². The first-order chi connectivity index (χ1) is 12.3. The van der Waals surface area contributed by atoms with Gasteiger partial charge in [-0.2, -0.15) is 0 Å². The lowest BCUT2D eigenvalue weighted by atomic mass is 9.85. The molecular formula is C21H23N3O. The third-order valence-electron chi connectivity index (χ3n) is 5.43. The van der Waals surface area contributed by atoms with Gasteiger partial charge in [-0.1, -0.05) is 48.5 Å². The van der Waals surface area contributed by atoms with E-state index in [-0.39, 0.29) is 5.91 Å². The smallest absolute Gasteiger partial charge is 0.273 e. The Morgan fingerprint density at radius 2 is 1.56 bits per heavy atom. The summed E-state index contributed by atoms with van der Waals surface area (Å²) in [5.41, 5.74) is 1.94. The summed E-state index contributed by atoms with van der Waals surface area (Å²) in [6.07, 6.45) is 4.43. The number of amides is 1. The Morgan fingerprint density at radius 1 is 0.920 bits per heavy atom. The van der Waals surface area contributed by atoms with Gasteiger partial charge in [0, 0.05) is 25.3 Å². The third kappa shape index (κ3) is 3.10. The van der Waals surface area contributed by atoms with Gasteiger partial charge in [-0.25, -0.2) is 4.99 Å². The van der Waals surface area contributed by atoms with Crippen molar-refractivity contribution in [3.05, 3.63) is 66.2 Å². The molecule has 0 N–H and O–H groups in total. The maximum Gasteiger partial charge on any atom is 0.273 e. The van der Waals surface area contributed by atoms with Gasteiger partial charge in [-0.3, -0.25) is 4.79 Å². The molecule has 4 heteroatoms. The van der Waals surface area contributed by atoms with E-state index in [0.717, 1.165) is 44.6 Å². The molecule has 1 spiro atoms. The molecule has 2 aliphatic heterocycles. The minimum atomic E-state index is -0.482. The van der Waals surface area contributed by atoms with Crippen molar-refractivity contribution in [2.75, 3.05) is 24.5 Å².